The van der Waals surface area contributed by atoms with Gasteiger partial charge in [0.2, 0.25) is 17.7 Å². The van der Waals surface area contributed by atoms with E-state index in [1.807, 2.05) is 48.7 Å². The number of likely N-dealkylation sites (tertiary alicyclic amines) is 1. The van der Waals surface area contributed by atoms with Gasteiger partial charge in [0.1, 0.15) is 16.8 Å². The largest absolute Gasteiger partial charge is 0.496 e. The number of carbonyl (C=O) groups excluding carboxylic acids is 3. The lowest BCUT2D eigenvalue weighted by Gasteiger charge is -2.23. The quantitative estimate of drug-likeness (QED) is 0.139. The van der Waals surface area contributed by atoms with Crippen molar-refractivity contribution in [3.8, 4) is 16.5 Å². The van der Waals surface area contributed by atoms with Crippen LogP contribution in [0.15, 0.2) is 58.7 Å². The van der Waals surface area contributed by atoms with Crippen molar-refractivity contribution in [3.05, 3.63) is 75.4 Å². The fourth-order valence-corrected chi connectivity index (χ4v) is 7.02. The summed E-state index contributed by atoms with van der Waals surface area (Å²) in [6.45, 7) is 17.8. The molecule has 3 atom stereocenters. The molecule has 1 aliphatic heterocycles. The van der Waals surface area contributed by atoms with Crippen molar-refractivity contribution >= 4 is 45.6 Å². The summed E-state index contributed by atoms with van der Waals surface area (Å²) in [6, 6.07) is 14.5. The normalized spacial score (nSPS) is 17.1. The van der Waals surface area contributed by atoms with Crippen LogP contribution in [0.4, 0.5) is 5.69 Å². The van der Waals surface area contributed by atoms with E-state index in [1.165, 1.54) is 0 Å². The number of hydrogen-bond donors (Lipinski definition) is 4. The Labute approximate surface area is 324 Å². The minimum atomic E-state index is -0.310. The van der Waals surface area contributed by atoms with E-state index in [4.69, 9.17) is 10.5 Å². The van der Waals surface area contributed by atoms with Crippen LogP contribution in [-0.4, -0.2) is 65.9 Å². The van der Waals surface area contributed by atoms with Crippen LogP contribution in [0.3, 0.4) is 0 Å². The summed E-state index contributed by atoms with van der Waals surface area (Å²) < 4.78 is 5.34. The highest BCUT2D eigenvalue weighted by Gasteiger charge is 2.43. The van der Waals surface area contributed by atoms with E-state index in [1.54, 1.807) is 42.5 Å². The Hall–Kier alpha value is -4.71. The van der Waals surface area contributed by atoms with E-state index >= 15 is 0 Å². The Bertz CT molecular complexity index is 1880. The Kier molecular flexibility index (Phi) is 16.7. The number of methoxy groups -OCH3 is 1. The molecule has 5 N–H and O–H groups in total. The molecule has 3 heterocycles. The summed E-state index contributed by atoms with van der Waals surface area (Å²) in [6.07, 6.45) is 2.65. The highest BCUT2D eigenvalue weighted by Crippen LogP contribution is 2.43. The van der Waals surface area contributed by atoms with E-state index in [-0.39, 0.29) is 41.7 Å². The summed E-state index contributed by atoms with van der Waals surface area (Å²) in [5.74, 6) is 3.16. The summed E-state index contributed by atoms with van der Waals surface area (Å²) in [4.78, 5) is 56.3. The first-order valence-electron chi connectivity index (χ1n) is 18.8. The molecule has 294 valence electrons. The third kappa shape index (κ3) is 12.4. The minimum absolute atomic E-state index is 0.00389. The number of likely N-dealkylation sites (N-methyl/N-ethyl adjacent to an activating group) is 1. The number of aromatic nitrogens is 2. The monoisotopic (exact) mass is 760 g/mol. The van der Waals surface area contributed by atoms with Gasteiger partial charge in [-0.3, -0.25) is 19.2 Å². The van der Waals surface area contributed by atoms with Crippen molar-refractivity contribution < 1.29 is 19.1 Å². The van der Waals surface area contributed by atoms with Gasteiger partial charge in [-0.25, -0.2) is 4.98 Å². The number of anilines is 1. The lowest BCUT2D eigenvalue weighted by atomic mass is 10.1. The first-order valence-corrected chi connectivity index (χ1v) is 19.7. The molecule has 4 aromatic rings. The number of nitrogens with two attached hydrogens (primary N) is 1. The van der Waals surface area contributed by atoms with Crippen molar-refractivity contribution in [3.63, 3.8) is 0 Å². The predicted molar refractivity (Wildman–Crippen MR) is 221 cm³/mol. The average molecular weight is 761 g/mol. The van der Waals surface area contributed by atoms with Crippen molar-refractivity contribution in [2.75, 3.05) is 32.6 Å². The van der Waals surface area contributed by atoms with Gasteiger partial charge in [-0.2, -0.15) is 0 Å². The van der Waals surface area contributed by atoms with E-state index in [0.29, 0.717) is 29.7 Å². The van der Waals surface area contributed by atoms with Crippen LogP contribution in [0.25, 0.3) is 21.6 Å². The van der Waals surface area contributed by atoms with Crippen molar-refractivity contribution in [2.45, 2.75) is 86.6 Å². The molecular weight excluding hydrogens is 701 g/mol. The first kappa shape index (κ1) is 43.7. The molecule has 1 aliphatic carbocycles. The number of pyridine rings is 1. The minimum Gasteiger partial charge on any atom is -0.496 e. The number of ether oxygens (including phenoxy) is 1. The molecule has 0 bridgehead atoms. The van der Waals surface area contributed by atoms with Crippen LogP contribution in [-0.2, 0) is 14.4 Å². The van der Waals surface area contributed by atoms with Gasteiger partial charge in [0.05, 0.1) is 30.6 Å². The van der Waals surface area contributed by atoms with E-state index in [0.717, 1.165) is 64.1 Å². The Morgan fingerprint density at radius 2 is 1.72 bits per heavy atom. The average Bonchev–Trinajstić information content (AvgIpc) is 3.54. The molecule has 2 fully saturated rings. The van der Waals surface area contributed by atoms with Gasteiger partial charge >= 0.3 is 0 Å². The number of nitrogens with zero attached hydrogens (tertiary/aromatic N) is 2. The molecule has 3 amide bonds. The van der Waals surface area contributed by atoms with Crippen LogP contribution in [0.1, 0.15) is 84.9 Å². The van der Waals surface area contributed by atoms with Crippen LogP contribution in [0.5, 0.6) is 5.75 Å². The Morgan fingerprint density at radius 1 is 1.06 bits per heavy atom. The number of rotatable bonds is 9. The van der Waals surface area contributed by atoms with Crippen molar-refractivity contribution in [1.29, 1.82) is 0 Å². The van der Waals surface area contributed by atoms with E-state index < -0.39 is 0 Å². The van der Waals surface area contributed by atoms with Gasteiger partial charge in [0.15, 0.2) is 5.43 Å². The maximum Gasteiger partial charge on any atom is 0.242 e. The summed E-state index contributed by atoms with van der Waals surface area (Å²) in [5.41, 5.74) is 9.53. The number of para-hydroxylation sites is 1. The molecule has 2 aromatic carbocycles. The van der Waals surface area contributed by atoms with Crippen molar-refractivity contribution in [1.82, 2.24) is 20.2 Å². The number of nitrogens with one attached hydrogen (secondary N) is 3. The second-order valence-electron chi connectivity index (χ2n) is 15.1. The van der Waals surface area contributed by atoms with E-state index in [9.17, 15) is 19.2 Å². The third-order valence-corrected chi connectivity index (χ3v) is 10.1. The molecular formula is C42H60N6O5S. The second kappa shape index (κ2) is 20.7. The zero-order valence-electron chi connectivity index (χ0n) is 33.6. The zero-order valence-corrected chi connectivity index (χ0v) is 34.4. The number of fused-ring (bicyclic) bond motifs is 1. The predicted octanol–water partition coefficient (Wildman–Crippen LogP) is 7.35. The molecule has 2 aliphatic rings. The molecule has 0 spiro atoms. The second-order valence-corrected chi connectivity index (χ2v) is 15.9. The lowest BCUT2D eigenvalue weighted by Crippen LogP contribution is -2.46. The summed E-state index contributed by atoms with van der Waals surface area (Å²) >= 11 is 1.55. The van der Waals surface area contributed by atoms with Gasteiger partial charge in [0, 0.05) is 47.6 Å². The molecule has 1 saturated heterocycles. The number of benzene rings is 2. The Balaban J connectivity index is 0.000000221. The maximum atomic E-state index is 12.4. The van der Waals surface area contributed by atoms with Crippen LogP contribution >= 0.6 is 11.3 Å². The molecule has 1 saturated carbocycles. The topological polar surface area (TPSA) is 160 Å². The lowest BCUT2D eigenvalue weighted by molar-refractivity contribution is -0.136. The van der Waals surface area contributed by atoms with Gasteiger partial charge in [-0.05, 0) is 74.1 Å². The number of hydrogen-bond acceptors (Lipinski definition) is 8. The molecule has 12 heteroatoms. The number of carbonyl (C=O) groups is 3. The number of primary amides is 1. The zero-order chi connectivity index (χ0) is 40.1. The highest BCUT2D eigenvalue weighted by molar-refractivity contribution is 7.13. The molecule has 6 rings (SSSR count). The third-order valence-electron chi connectivity index (χ3n) is 9.18. The number of amides is 3. The smallest absolute Gasteiger partial charge is 0.242 e. The number of H-pyrrole nitrogens is 1. The van der Waals surface area contributed by atoms with Gasteiger partial charge < -0.3 is 31.0 Å². The fraction of sp³-hybridized carbons (Fsp3) is 0.500. The summed E-state index contributed by atoms with van der Waals surface area (Å²) in [7, 11) is 3.23. The standard InChI is InChI=1S/C17H18N2O2S.C14H19N3O2.C7H13NO.C4H10/c1-9(2)13-8-22-17(19-13)12-7-14(20)11-5-6-15(21-4)10(3)16(11)18-12;1-15-14(19)12-8-5-9-17(12)13(18)10-16-11-6-3-2-4-7-11;1-4(2)5-3-6(5)7(8)9;1-4(2)3/h5-9H,1-4H3,(H,18,20);2-4,6-7,12,16H,5,8-10H2,1H3,(H,15,19);4-6H,3H2,1-2H3,(H2,8,9);4H,1-3H3. The van der Waals surface area contributed by atoms with Crippen LogP contribution in [0, 0.1) is 30.6 Å². The maximum absolute atomic E-state index is 12.4. The number of aryl methyl sites for hydroxylation is 1. The molecule has 0 radical (unpaired) electrons. The number of aromatic amines is 1. The molecule has 3 unspecified atom stereocenters. The Morgan fingerprint density at radius 3 is 2.24 bits per heavy atom. The molecule has 2 aromatic heterocycles. The molecule has 54 heavy (non-hydrogen) atoms. The van der Waals surface area contributed by atoms with Gasteiger partial charge in [-0.15, -0.1) is 11.3 Å². The van der Waals surface area contributed by atoms with Gasteiger partial charge in [0.25, 0.3) is 0 Å². The van der Waals surface area contributed by atoms with Crippen molar-refractivity contribution in [2.24, 2.45) is 29.4 Å². The van der Waals surface area contributed by atoms with Crippen LogP contribution in [0.2, 0.25) is 0 Å². The number of thiazole rings is 1. The SMILES string of the molecule is CC(C)C.CC(C)C1CC1C(N)=O.CNC(=O)C1CCCN1C(=O)CNc1ccccc1.COc1ccc2c(=O)cc(-c3nc(C(C)C)cs3)[nH]c2c1C. The van der Waals surface area contributed by atoms with E-state index in [2.05, 4.69) is 69.1 Å². The summed E-state index contributed by atoms with van der Waals surface area (Å²) in [5, 5.41) is 9.24. The first-order chi connectivity index (χ1) is 25.6. The molecule has 11 nitrogen and oxygen atoms in total. The highest BCUT2D eigenvalue weighted by atomic mass is 32.1. The van der Waals surface area contributed by atoms with Gasteiger partial charge in [-0.1, -0.05) is 66.7 Å². The fourth-order valence-electron chi connectivity index (χ4n) is 6.07. The van der Waals surface area contributed by atoms with Crippen LogP contribution < -0.4 is 26.5 Å².